The summed E-state index contributed by atoms with van der Waals surface area (Å²) in [5.74, 6) is 0.116. The highest BCUT2D eigenvalue weighted by Crippen LogP contribution is 2.18. The van der Waals surface area contributed by atoms with Crippen molar-refractivity contribution in [2.24, 2.45) is 5.73 Å². The molecule has 0 aromatic carbocycles. The van der Waals surface area contributed by atoms with Crippen LogP contribution in [0.3, 0.4) is 0 Å². The molecule has 3 N–H and O–H groups in total. The summed E-state index contributed by atoms with van der Waals surface area (Å²) in [5, 5.41) is 2.94. The van der Waals surface area contributed by atoms with E-state index in [2.05, 4.69) is 5.32 Å². The van der Waals surface area contributed by atoms with Crippen molar-refractivity contribution < 1.29 is 4.79 Å². The highest BCUT2D eigenvalue weighted by molar-refractivity contribution is 5.78. The van der Waals surface area contributed by atoms with Gasteiger partial charge in [0.25, 0.3) is 0 Å². The second-order valence-electron chi connectivity index (χ2n) is 4.02. The molecule has 0 radical (unpaired) electrons. The summed E-state index contributed by atoms with van der Waals surface area (Å²) in [7, 11) is 1.91. The van der Waals surface area contributed by atoms with E-state index in [1.165, 1.54) is 0 Å². The molecule has 1 unspecified atom stereocenters. The number of amides is 1. The van der Waals surface area contributed by atoms with Crippen molar-refractivity contribution in [2.75, 3.05) is 20.1 Å². The average molecular weight is 185 g/mol. The number of nitrogens with two attached hydrogens (primary N) is 1. The normalized spacial score (nSPS) is 18.8. The first-order chi connectivity index (χ1) is 6.08. The molecule has 0 heterocycles. The summed E-state index contributed by atoms with van der Waals surface area (Å²) >= 11 is 0. The minimum atomic E-state index is 0.116. The maximum atomic E-state index is 11.3. The van der Waals surface area contributed by atoms with Crippen molar-refractivity contribution in [3.63, 3.8) is 0 Å². The zero-order chi connectivity index (χ0) is 9.84. The number of rotatable bonds is 5. The second-order valence-corrected chi connectivity index (χ2v) is 4.02. The third kappa shape index (κ3) is 4.85. The molecule has 13 heavy (non-hydrogen) atoms. The number of hydrogen-bond acceptors (Lipinski definition) is 3. The lowest BCUT2D eigenvalue weighted by molar-refractivity contribution is -0.122. The maximum Gasteiger partial charge on any atom is 0.234 e. The number of nitrogens with zero attached hydrogens (tertiary/aromatic N) is 1. The molecule has 0 aromatic rings. The van der Waals surface area contributed by atoms with Gasteiger partial charge in [0, 0.05) is 18.6 Å². The Morgan fingerprint density at radius 1 is 1.69 bits per heavy atom. The summed E-state index contributed by atoms with van der Waals surface area (Å²) in [5.41, 5.74) is 5.61. The fourth-order valence-electron chi connectivity index (χ4n) is 1.30. The number of nitrogens with one attached hydrogen (secondary N) is 1. The van der Waals surface area contributed by atoms with Crippen molar-refractivity contribution in [1.82, 2.24) is 10.2 Å². The molecule has 1 fully saturated rings. The van der Waals surface area contributed by atoms with Gasteiger partial charge >= 0.3 is 0 Å². The van der Waals surface area contributed by atoms with Crippen molar-refractivity contribution in [1.29, 1.82) is 0 Å². The standard InChI is InChI=1S/C9H19N3O/c1-7(10)5-12(2)6-9(13)11-8-3-4-8/h7-8H,3-6,10H2,1-2H3,(H,11,13). The second kappa shape index (κ2) is 4.58. The van der Waals surface area contributed by atoms with Crippen molar-refractivity contribution >= 4 is 5.91 Å². The predicted molar refractivity (Wildman–Crippen MR) is 52.3 cm³/mol. The van der Waals surface area contributed by atoms with Crippen LogP contribution in [0.1, 0.15) is 19.8 Å². The zero-order valence-electron chi connectivity index (χ0n) is 8.42. The van der Waals surface area contributed by atoms with Gasteiger partial charge in [0.15, 0.2) is 0 Å². The van der Waals surface area contributed by atoms with Crippen molar-refractivity contribution in [3.05, 3.63) is 0 Å². The van der Waals surface area contributed by atoms with Crippen LogP contribution in [0, 0.1) is 0 Å². The fraction of sp³-hybridized carbons (Fsp3) is 0.889. The van der Waals surface area contributed by atoms with Crippen molar-refractivity contribution in [3.8, 4) is 0 Å². The lowest BCUT2D eigenvalue weighted by Crippen LogP contribution is -2.40. The van der Waals surface area contributed by atoms with Gasteiger partial charge in [-0.05, 0) is 26.8 Å². The van der Waals surface area contributed by atoms with Gasteiger partial charge in [-0.15, -0.1) is 0 Å². The van der Waals surface area contributed by atoms with E-state index in [1.54, 1.807) is 0 Å². The van der Waals surface area contributed by atoms with Crippen molar-refractivity contribution in [2.45, 2.75) is 31.8 Å². The lowest BCUT2D eigenvalue weighted by atomic mass is 10.3. The van der Waals surface area contributed by atoms with E-state index in [0.29, 0.717) is 12.6 Å². The van der Waals surface area contributed by atoms with E-state index in [4.69, 9.17) is 5.73 Å². The van der Waals surface area contributed by atoms with E-state index in [-0.39, 0.29) is 11.9 Å². The SMILES string of the molecule is CC(N)CN(C)CC(=O)NC1CC1. The van der Waals surface area contributed by atoms with Gasteiger partial charge in [-0.1, -0.05) is 0 Å². The molecule has 0 bridgehead atoms. The van der Waals surface area contributed by atoms with Crippen LogP contribution in [0.4, 0.5) is 0 Å². The Kier molecular flexibility index (Phi) is 3.69. The number of likely N-dealkylation sites (N-methyl/N-ethyl adjacent to an activating group) is 1. The summed E-state index contributed by atoms with van der Waals surface area (Å²) in [6.07, 6.45) is 2.28. The van der Waals surface area contributed by atoms with Gasteiger partial charge in [0.05, 0.1) is 6.54 Å². The van der Waals surface area contributed by atoms with Gasteiger partial charge in [0.2, 0.25) is 5.91 Å². The Bertz CT molecular complexity index is 178. The fourth-order valence-corrected chi connectivity index (χ4v) is 1.30. The van der Waals surface area contributed by atoms with Crippen LogP contribution in [0.25, 0.3) is 0 Å². The summed E-state index contributed by atoms with van der Waals surface area (Å²) < 4.78 is 0. The van der Waals surface area contributed by atoms with Crippen LogP contribution >= 0.6 is 0 Å². The molecule has 1 aliphatic rings. The van der Waals surface area contributed by atoms with E-state index in [9.17, 15) is 4.79 Å². The quantitative estimate of drug-likeness (QED) is 0.609. The van der Waals surface area contributed by atoms with Gasteiger partial charge in [-0.3, -0.25) is 9.69 Å². The summed E-state index contributed by atoms with van der Waals surface area (Å²) in [6.45, 7) is 3.16. The van der Waals surface area contributed by atoms with Crippen LogP contribution in [-0.2, 0) is 4.79 Å². The molecule has 76 valence electrons. The Balaban J connectivity index is 2.10. The molecule has 0 spiro atoms. The molecule has 1 rings (SSSR count). The zero-order valence-corrected chi connectivity index (χ0v) is 8.42. The largest absolute Gasteiger partial charge is 0.352 e. The van der Waals surface area contributed by atoms with Gasteiger partial charge in [-0.2, -0.15) is 0 Å². The Hall–Kier alpha value is -0.610. The number of carbonyl (C=O) groups is 1. The third-order valence-electron chi connectivity index (χ3n) is 1.96. The van der Waals surface area contributed by atoms with E-state index in [0.717, 1.165) is 19.4 Å². The molecule has 1 saturated carbocycles. The van der Waals surface area contributed by atoms with E-state index < -0.39 is 0 Å². The topological polar surface area (TPSA) is 58.4 Å². The maximum absolute atomic E-state index is 11.3. The molecule has 0 saturated heterocycles. The Labute approximate surface area is 79.5 Å². The highest BCUT2D eigenvalue weighted by Gasteiger charge is 2.23. The van der Waals surface area contributed by atoms with Crippen LogP contribution in [0.2, 0.25) is 0 Å². The minimum Gasteiger partial charge on any atom is -0.352 e. The molecule has 1 aliphatic carbocycles. The van der Waals surface area contributed by atoms with E-state index in [1.807, 2.05) is 18.9 Å². The minimum absolute atomic E-state index is 0.116. The Morgan fingerprint density at radius 2 is 2.31 bits per heavy atom. The molecule has 4 nitrogen and oxygen atoms in total. The highest BCUT2D eigenvalue weighted by atomic mass is 16.2. The monoisotopic (exact) mass is 185 g/mol. The molecule has 1 amide bonds. The number of carbonyl (C=O) groups excluding carboxylic acids is 1. The first-order valence-corrected chi connectivity index (χ1v) is 4.81. The van der Waals surface area contributed by atoms with Gasteiger partial charge < -0.3 is 11.1 Å². The molecule has 0 aromatic heterocycles. The molecular formula is C9H19N3O. The van der Waals surface area contributed by atoms with Crippen LogP contribution in [0.5, 0.6) is 0 Å². The van der Waals surface area contributed by atoms with Crippen LogP contribution < -0.4 is 11.1 Å². The Morgan fingerprint density at radius 3 is 2.77 bits per heavy atom. The first-order valence-electron chi connectivity index (χ1n) is 4.81. The summed E-state index contributed by atoms with van der Waals surface area (Å²) in [6, 6.07) is 0.579. The van der Waals surface area contributed by atoms with E-state index >= 15 is 0 Å². The summed E-state index contributed by atoms with van der Waals surface area (Å²) in [4.78, 5) is 13.2. The average Bonchev–Trinajstić information content (AvgIpc) is 2.67. The number of hydrogen-bond donors (Lipinski definition) is 2. The molecule has 0 aliphatic heterocycles. The smallest absolute Gasteiger partial charge is 0.234 e. The van der Waals surface area contributed by atoms with Gasteiger partial charge in [-0.25, -0.2) is 0 Å². The van der Waals surface area contributed by atoms with Gasteiger partial charge in [0.1, 0.15) is 0 Å². The molecule has 4 heteroatoms. The molecular weight excluding hydrogens is 166 g/mol. The molecule has 1 atom stereocenters. The van der Waals surface area contributed by atoms with Crippen LogP contribution in [-0.4, -0.2) is 43.0 Å². The predicted octanol–water partition coefficient (Wildman–Crippen LogP) is -0.456. The third-order valence-corrected chi connectivity index (χ3v) is 1.96. The first kappa shape index (κ1) is 10.5. The lowest BCUT2D eigenvalue weighted by Gasteiger charge is -2.17. The van der Waals surface area contributed by atoms with Crippen LogP contribution in [0.15, 0.2) is 0 Å².